The van der Waals surface area contributed by atoms with Gasteiger partial charge in [0.25, 0.3) is 0 Å². The van der Waals surface area contributed by atoms with Gasteiger partial charge in [-0.1, -0.05) is 0 Å². The van der Waals surface area contributed by atoms with Crippen molar-refractivity contribution < 1.29 is 0 Å². The van der Waals surface area contributed by atoms with Crippen LogP contribution in [-0.4, -0.2) is 11.1 Å². The highest BCUT2D eigenvalue weighted by Crippen LogP contribution is 2.12. The minimum atomic E-state index is 0.0788. The smallest absolute Gasteiger partial charge is 0.0666 e. The second-order valence-electron chi connectivity index (χ2n) is 4.12. The number of hydrogen-bond donors (Lipinski definition) is 1. The first-order valence-electron chi connectivity index (χ1n) is 5.28. The lowest BCUT2D eigenvalue weighted by molar-refractivity contribution is 0.599. The van der Waals surface area contributed by atoms with Gasteiger partial charge in [-0.05, 0) is 32.4 Å². The highest BCUT2D eigenvalue weighted by atomic mass is 15.0. The molecule has 0 aliphatic carbocycles. The van der Waals surface area contributed by atoms with E-state index < -0.39 is 0 Å². The van der Waals surface area contributed by atoms with Gasteiger partial charge in [0, 0.05) is 31.5 Å². The summed E-state index contributed by atoms with van der Waals surface area (Å²) in [6, 6.07) is 4.41. The van der Waals surface area contributed by atoms with E-state index in [2.05, 4.69) is 42.9 Å². The standard InChI is InChI=1S/C12H19N3/c1-9(6-13)7-14-8-12-5-10(2)15(4)11(12)3/h5,9,14H,7-8H2,1-4H3. The summed E-state index contributed by atoms with van der Waals surface area (Å²) in [4.78, 5) is 0. The number of hydrogen-bond acceptors (Lipinski definition) is 2. The minimum absolute atomic E-state index is 0.0788. The Morgan fingerprint density at radius 2 is 2.20 bits per heavy atom. The van der Waals surface area contributed by atoms with Crippen LogP contribution in [0.1, 0.15) is 23.9 Å². The molecule has 0 aliphatic rings. The van der Waals surface area contributed by atoms with Crippen LogP contribution < -0.4 is 5.32 Å². The molecular weight excluding hydrogens is 186 g/mol. The molecule has 1 aromatic rings. The number of rotatable bonds is 4. The van der Waals surface area contributed by atoms with Crippen LogP contribution in [0.5, 0.6) is 0 Å². The molecule has 1 N–H and O–H groups in total. The van der Waals surface area contributed by atoms with E-state index in [0.29, 0.717) is 0 Å². The van der Waals surface area contributed by atoms with Crippen molar-refractivity contribution in [2.75, 3.05) is 6.54 Å². The number of nitriles is 1. The molecule has 0 aromatic carbocycles. The molecule has 0 aliphatic heterocycles. The van der Waals surface area contributed by atoms with E-state index >= 15 is 0 Å². The van der Waals surface area contributed by atoms with Gasteiger partial charge in [-0.15, -0.1) is 0 Å². The van der Waals surface area contributed by atoms with Crippen molar-refractivity contribution in [3.05, 3.63) is 23.0 Å². The zero-order valence-corrected chi connectivity index (χ0v) is 9.96. The van der Waals surface area contributed by atoms with E-state index in [-0.39, 0.29) is 5.92 Å². The maximum Gasteiger partial charge on any atom is 0.0666 e. The van der Waals surface area contributed by atoms with Crippen molar-refractivity contribution in [3.8, 4) is 6.07 Å². The van der Waals surface area contributed by atoms with Crippen LogP contribution in [0.15, 0.2) is 6.07 Å². The molecular formula is C12H19N3. The Morgan fingerprint density at radius 1 is 1.53 bits per heavy atom. The largest absolute Gasteiger partial charge is 0.352 e. The predicted molar refractivity (Wildman–Crippen MR) is 61.4 cm³/mol. The molecule has 0 amide bonds. The maximum atomic E-state index is 8.64. The second-order valence-corrected chi connectivity index (χ2v) is 4.12. The van der Waals surface area contributed by atoms with Crippen LogP contribution in [0.3, 0.4) is 0 Å². The van der Waals surface area contributed by atoms with Crippen LogP contribution in [0.2, 0.25) is 0 Å². The molecule has 82 valence electrons. The molecule has 0 saturated carbocycles. The van der Waals surface area contributed by atoms with Crippen LogP contribution in [0.25, 0.3) is 0 Å². The van der Waals surface area contributed by atoms with E-state index in [1.54, 1.807) is 0 Å². The Balaban J connectivity index is 2.52. The van der Waals surface area contributed by atoms with Crippen molar-refractivity contribution in [2.45, 2.75) is 27.3 Å². The van der Waals surface area contributed by atoms with Gasteiger partial charge in [0.15, 0.2) is 0 Å². The second kappa shape index (κ2) is 4.99. The molecule has 0 fully saturated rings. The van der Waals surface area contributed by atoms with Gasteiger partial charge in [-0.3, -0.25) is 0 Å². The molecule has 0 spiro atoms. The van der Waals surface area contributed by atoms with Gasteiger partial charge in [-0.25, -0.2) is 0 Å². The van der Waals surface area contributed by atoms with E-state index in [0.717, 1.165) is 13.1 Å². The summed E-state index contributed by atoms with van der Waals surface area (Å²) < 4.78 is 2.19. The quantitative estimate of drug-likeness (QED) is 0.815. The minimum Gasteiger partial charge on any atom is -0.352 e. The Bertz CT molecular complexity index is 371. The monoisotopic (exact) mass is 205 g/mol. The molecule has 0 bridgehead atoms. The molecule has 3 nitrogen and oxygen atoms in total. The Hall–Kier alpha value is -1.27. The molecule has 1 atom stereocenters. The third-order valence-electron chi connectivity index (χ3n) is 2.87. The molecule has 1 unspecified atom stereocenters. The molecule has 1 rings (SSSR count). The first-order chi connectivity index (χ1) is 7.06. The summed E-state index contributed by atoms with van der Waals surface area (Å²) in [6.45, 7) is 7.76. The topological polar surface area (TPSA) is 40.8 Å². The fourth-order valence-electron chi connectivity index (χ4n) is 1.58. The van der Waals surface area contributed by atoms with Crippen LogP contribution in [-0.2, 0) is 13.6 Å². The van der Waals surface area contributed by atoms with Crippen molar-refractivity contribution in [3.63, 3.8) is 0 Å². The van der Waals surface area contributed by atoms with Gasteiger partial charge in [0.1, 0.15) is 0 Å². The summed E-state index contributed by atoms with van der Waals surface area (Å²) in [6.07, 6.45) is 0. The van der Waals surface area contributed by atoms with E-state index in [4.69, 9.17) is 5.26 Å². The fraction of sp³-hybridized carbons (Fsp3) is 0.583. The molecule has 0 radical (unpaired) electrons. The SMILES string of the molecule is Cc1cc(CNCC(C)C#N)c(C)n1C. The van der Waals surface area contributed by atoms with Gasteiger partial charge < -0.3 is 9.88 Å². The van der Waals surface area contributed by atoms with E-state index in [1.807, 2.05) is 6.92 Å². The zero-order valence-electron chi connectivity index (χ0n) is 9.96. The zero-order chi connectivity index (χ0) is 11.4. The van der Waals surface area contributed by atoms with Gasteiger partial charge in [0.05, 0.1) is 12.0 Å². The molecule has 1 heterocycles. The van der Waals surface area contributed by atoms with E-state index in [9.17, 15) is 0 Å². The predicted octanol–water partition coefficient (Wildman–Crippen LogP) is 1.89. The van der Waals surface area contributed by atoms with Crippen LogP contribution >= 0.6 is 0 Å². The van der Waals surface area contributed by atoms with Crippen LogP contribution in [0.4, 0.5) is 0 Å². The number of nitrogens with one attached hydrogen (secondary N) is 1. The van der Waals surface area contributed by atoms with Crippen molar-refractivity contribution in [2.24, 2.45) is 13.0 Å². The lowest BCUT2D eigenvalue weighted by Crippen LogP contribution is -2.20. The molecule has 0 saturated heterocycles. The number of nitrogens with zero attached hydrogens (tertiary/aromatic N) is 2. The molecule has 15 heavy (non-hydrogen) atoms. The van der Waals surface area contributed by atoms with Crippen molar-refractivity contribution in [1.82, 2.24) is 9.88 Å². The third kappa shape index (κ3) is 2.84. The number of aromatic nitrogens is 1. The molecule has 3 heteroatoms. The van der Waals surface area contributed by atoms with Crippen LogP contribution in [0, 0.1) is 31.1 Å². The summed E-state index contributed by atoms with van der Waals surface area (Å²) in [5.41, 5.74) is 3.89. The normalized spacial score (nSPS) is 12.5. The van der Waals surface area contributed by atoms with E-state index in [1.165, 1.54) is 17.0 Å². The Morgan fingerprint density at radius 3 is 2.67 bits per heavy atom. The third-order valence-corrected chi connectivity index (χ3v) is 2.87. The fourth-order valence-corrected chi connectivity index (χ4v) is 1.58. The van der Waals surface area contributed by atoms with Gasteiger partial charge >= 0.3 is 0 Å². The average Bonchev–Trinajstić information content (AvgIpc) is 2.46. The maximum absolute atomic E-state index is 8.64. The summed E-state index contributed by atoms with van der Waals surface area (Å²) in [5.74, 6) is 0.0788. The average molecular weight is 205 g/mol. The first-order valence-corrected chi connectivity index (χ1v) is 5.28. The lowest BCUT2D eigenvalue weighted by atomic mass is 10.2. The first kappa shape index (κ1) is 11.8. The van der Waals surface area contributed by atoms with Gasteiger partial charge in [0.2, 0.25) is 0 Å². The highest BCUT2D eigenvalue weighted by molar-refractivity contribution is 5.26. The summed E-state index contributed by atoms with van der Waals surface area (Å²) in [7, 11) is 2.08. The Labute approximate surface area is 91.7 Å². The Kier molecular flexibility index (Phi) is 3.93. The summed E-state index contributed by atoms with van der Waals surface area (Å²) in [5, 5.41) is 11.9. The highest BCUT2D eigenvalue weighted by Gasteiger charge is 2.06. The molecule has 1 aromatic heterocycles. The van der Waals surface area contributed by atoms with Crippen molar-refractivity contribution >= 4 is 0 Å². The summed E-state index contributed by atoms with van der Waals surface area (Å²) >= 11 is 0. The van der Waals surface area contributed by atoms with Crippen molar-refractivity contribution in [1.29, 1.82) is 5.26 Å². The van der Waals surface area contributed by atoms with Gasteiger partial charge in [-0.2, -0.15) is 5.26 Å². The lowest BCUT2D eigenvalue weighted by Gasteiger charge is -2.06. The number of aryl methyl sites for hydroxylation is 1.